The molecule has 1 aliphatic heterocycles. The molecule has 154 valence electrons. The van der Waals surface area contributed by atoms with Crippen LogP contribution in [-0.2, 0) is 16.0 Å². The zero-order chi connectivity index (χ0) is 20.8. The number of allylic oxidation sites excluding steroid dienone is 1. The highest BCUT2D eigenvalue weighted by atomic mass is 16.6. The van der Waals surface area contributed by atoms with E-state index >= 15 is 0 Å². The lowest BCUT2D eigenvalue weighted by molar-refractivity contribution is 0.0342. The second-order valence-corrected chi connectivity index (χ2v) is 6.64. The Morgan fingerprint density at radius 2 is 2.07 bits per heavy atom. The molecule has 1 aromatic carbocycles. The van der Waals surface area contributed by atoms with Crippen LogP contribution in [0.15, 0.2) is 36.7 Å². The molecule has 10 nitrogen and oxygen atoms in total. The second kappa shape index (κ2) is 9.22. The molecular formula is C19H24N6O4. The van der Waals surface area contributed by atoms with E-state index in [1.54, 1.807) is 6.07 Å². The molecule has 3 rings (SSSR count). The first kappa shape index (κ1) is 20.4. The van der Waals surface area contributed by atoms with Crippen LogP contribution in [0, 0.1) is 0 Å². The number of carbonyl (C=O) groups is 2. The van der Waals surface area contributed by atoms with E-state index in [1.807, 2.05) is 12.1 Å². The first-order valence-electron chi connectivity index (χ1n) is 9.10. The molecule has 2 aromatic rings. The molecule has 1 fully saturated rings. The van der Waals surface area contributed by atoms with Crippen molar-refractivity contribution in [3.05, 3.63) is 48.0 Å². The molecule has 1 saturated heterocycles. The fourth-order valence-corrected chi connectivity index (χ4v) is 2.87. The van der Waals surface area contributed by atoms with Crippen LogP contribution in [0.1, 0.15) is 23.0 Å². The number of nitrogen functional groups attached to an aromatic ring is 1. The van der Waals surface area contributed by atoms with Gasteiger partial charge in [-0.25, -0.2) is 4.79 Å². The van der Waals surface area contributed by atoms with Gasteiger partial charge >= 0.3 is 6.09 Å². The fourth-order valence-electron chi connectivity index (χ4n) is 2.87. The van der Waals surface area contributed by atoms with E-state index in [9.17, 15) is 9.59 Å². The molecule has 1 aliphatic rings. The largest absolute Gasteiger partial charge is 0.416 e. The van der Waals surface area contributed by atoms with Gasteiger partial charge in [0.25, 0.3) is 5.91 Å². The van der Waals surface area contributed by atoms with Crippen LogP contribution < -0.4 is 16.4 Å². The van der Waals surface area contributed by atoms with Gasteiger partial charge in [-0.2, -0.15) is 5.10 Å². The SMILES string of the molecule is C=C(C)OC(=O)Nc1cn[nH]c1C(=O)Nc1ccc(CN2CCOCC2)cc1N. The maximum absolute atomic E-state index is 12.6. The number of carbonyl (C=O) groups excluding carboxylic acids is 2. The molecule has 2 heterocycles. The topological polar surface area (TPSA) is 135 Å². The van der Waals surface area contributed by atoms with E-state index < -0.39 is 12.0 Å². The molecule has 10 heteroatoms. The number of ether oxygens (including phenoxy) is 2. The minimum Gasteiger partial charge on any atom is -0.416 e. The highest BCUT2D eigenvalue weighted by molar-refractivity contribution is 6.09. The van der Waals surface area contributed by atoms with Crippen molar-refractivity contribution in [1.82, 2.24) is 15.1 Å². The predicted octanol–water partition coefficient (Wildman–Crippen LogP) is 2.16. The average molecular weight is 400 g/mol. The lowest BCUT2D eigenvalue weighted by Gasteiger charge is -2.26. The smallest absolute Gasteiger partial charge is 0.416 e. The van der Waals surface area contributed by atoms with Crippen LogP contribution in [-0.4, -0.2) is 53.4 Å². The minimum atomic E-state index is -0.764. The van der Waals surface area contributed by atoms with Crippen molar-refractivity contribution < 1.29 is 19.1 Å². The summed E-state index contributed by atoms with van der Waals surface area (Å²) in [5.74, 6) is -0.275. The lowest BCUT2D eigenvalue weighted by Crippen LogP contribution is -2.35. The lowest BCUT2D eigenvalue weighted by atomic mass is 10.1. The molecule has 1 aromatic heterocycles. The number of anilines is 3. The van der Waals surface area contributed by atoms with Gasteiger partial charge in [0.05, 0.1) is 42.2 Å². The molecule has 2 amide bonds. The van der Waals surface area contributed by atoms with E-state index in [0.29, 0.717) is 11.4 Å². The van der Waals surface area contributed by atoms with Crippen LogP contribution in [0.25, 0.3) is 0 Å². The molecule has 0 radical (unpaired) electrons. The summed E-state index contributed by atoms with van der Waals surface area (Å²) in [7, 11) is 0. The number of H-pyrrole nitrogens is 1. The molecule has 0 saturated carbocycles. The van der Waals surface area contributed by atoms with Crippen molar-refractivity contribution >= 4 is 29.1 Å². The zero-order valence-electron chi connectivity index (χ0n) is 16.2. The number of amides is 2. The summed E-state index contributed by atoms with van der Waals surface area (Å²) < 4.78 is 10.2. The zero-order valence-corrected chi connectivity index (χ0v) is 16.2. The molecule has 0 atom stereocenters. The number of nitrogens with two attached hydrogens (primary N) is 1. The summed E-state index contributed by atoms with van der Waals surface area (Å²) in [6.45, 7) is 8.99. The normalized spacial score (nSPS) is 14.2. The van der Waals surface area contributed by atoms with E-state index in [-0.39, 0.29) is 17.1 Å². The first-order chi connectivity index (χ1) is 13.9. The third-order valence-electron chi connectivity index (χ3n) is 4.24. The Morgan fingerprint density at radius 1 is 1.31 bits per heavy atom. The predicted molar refractivity (Wildman–Crippen MR) is 108 cm³/mol. The maximum atomic E-state index is 12.6. The van der Waals surface area contributed by atoms with Crippen LogP contribution in [0.4, 0.5) is 21.9 Å². The van der Waals surface area contributed by atoms with E-state index in [0.717, 1.165) is 38.4 Å². The number of hydrogen-bond donors (Lipinski definition) is 4. The van der Waals surface area contributed by atoms with Gasteiger partial charge in [-0.1, -0.05) is 12.6 Å². The third kappa shape index (κ3) is 5.56. The molecule has 0 aliphatic carbocycles. The summed E-state index contributed by atoms with van der Waals surface area (Å²) in [5.41, 5.74) is 8.32. The highest BCUT2D eigenvalue weighted by Gasteiger charge is 2.18. The molecule has 29 heavy (non-hydrogen) atoms. The van der Waals surface area contributed by atoms with Gasteiger partial charge in [0, 0.05) is 19.6 Å². The van der Waals surface area contributed by atoms with Gasteiger partial charge in [0.15, 0.2) is 0 Å². The van der Waals surface area contributed by atoms with Crippen LogP contribution in [0.2, 0.25) is 0 Å². The number of hydrogen-bond acceptors (Lipinski definition) is 7. The summed E-state index contributed by atoms with van der Waals surface area (Å²) in [5, 5.41) is 11.5. The number of benzene rings is 1. The highest BCUT2D eigenvalue weighted by Crippen LogP contribution is 2.23. The van der Waals surface area contributed by atoms with Crippen molar-refractivity contribution in [2.45, 2.75) is 13.5 Å². The molecular weight excluding hydrogens is 376 g/mol. The Hall–Kier alpha value is -3.37. The minimum absolute atomic E-state index is 0.0699. The molecule has 0 spiro atoms. The molecule has 5 N–H and O–H groups in total. The van der Waals surface area contributed by atoms with Gasteiger partial charge in [-0.3, -0.25) is 20.1 Å². The van der Waals surface area contributed by atoms with Crippen LogP contribution in [0.5, 0.6) is 0 Å². The quantitative estimate of drug-likeness (QED) is 0.431. The van der Waals surface area contributed by atoms with Crippen molar-refractivity contribution in [1.29, 1.82) is 0 Å². The third-order valence-corrected chi connectivity index (χ3v) is 4.24. The van der Waals surface area contributed by atoms with E-state index in [4.69, 9.17) is 15.2 Å². The number of aromatic nitrogens is 2. The number of nitrogens with one attached hydrogen (secondary N) is 3. The second-order valence-electron chi connectivity index (χ2n) is 6.64. The van der Waals surface area contributed by atoms with Crippen molar-refractivity contribution in [2.24, 2.45) is 0 Å². The molecule has 0 bridgehead atoms. The Bertz CT molecular complexity index is 904. The Morgan fingerprint density at radius 3 is 2.76 bits per heavy atom. The summed E-state index contributed by atoms with van der Waals surface area (Å²) in [4.78, 5) is 26.6. The van der Waals surface area contributed by atoms with Crippen molar-refractivity contribution in [3.63, 3.8) is 0 Å². The van der Waals surface area contributed by atoms with E-state index in [1.165, 1.54) is 13.1 Å². The van der Waals surface area contributed by atoms with Crippen molar-refractivity contribution in [2.75, 3.05) is 42.7 Å². The Kier molecular flexibility index (Phi) is 6.47. The van der Waals surface area contributed by atoms with Gasteiger partial charge in [-0.05, 0) is 24.6 Å². The summed E-state index contributed by atoms with van der Waals surface area (Å²) in [6.07, 6.45) is 0.545. The van der Waals surface area contributed by atoms with Gasteiger partial charge in [0.2, 0.25) is 0 Å². The van der Waals surface area contributed by atoms with Crippen LogP contribution >= 0.6 is 0 Å². The number of nitrogens with zero attached hydrogens (tertiary/aromatic N) is 2. The Balaban J connectivity index is 1.64. The monoisotopic (exact) mass is 400 g/mol. The van der Waals surface area contributed by atoms with Gasteiger partial charge in [0.1, 0.15) is 5.69 Å². The molecule has 0 unspecified atom stereocenters. The summed E-state index contributed by atoms with van der Waals surface area (Å²) in [6, 6.07) is 5.50. The van der Waals surface area contributed by atoms with Crippen molar-refractivity contribution in [3.8, 4) is 0 Å². The summed E-state index contributed by atoms with van der Waals surface area (Å²) >= 11 is 0. The fraction of sp³-hybridized carbons (Fsp3) is 0.316. The average Bonchev–Trinajstić information content (AvgIpc) is 3.12. The van der Waals surface area contributed by atoms with Gasteiger partial charge < -0.3 is 20.5 Å². The van der Waals surface area contributed by atoms with E-state index in [2.05, 4.69) is 32.3 Å². The number of rotatable bonds is 6. The van der Waals surface area contributed by atoms with Gasteiger partial charge in [-0.15, -0.1) is 0 Å². The first-order valence-corrected chi connectivity index (χ1v) is 9.10. The Labute approximate surface area is 168 Å². The number of aromatic amines is 1. The number of morpholine rings is 1. The standard InChI is InChI=1S/C19H24N6O4/c1-12(2)29-19(27)23-16-10-21-24-17(16)18(26)22-15-4-3-13(9-14(15)20)11-25-5-7-28-8-6-25/h3-4,9-10H,1,5-8,11,20H2,2H3,(H,21,24)(H,22,26)(H,23,27). The maximum Gasteiger partial charge on any atom is 0.416 e. The van der Waals surface area contributed by atoms with Crippen LogP contribution in [0.3, 0.4) is 0 Å².